The summed E-state index contributed by atoms with van der Waals surface area (Å²) in [6, 6.07) is 11.1. The Morgan fingerprint density at radius 1 is 1.05 bits per heavy atom. The molecule has 8 nitrogen and oxygen atoms in total. The van der Waals surface area contributed by atoms with Gasteiger partial charge < -0.3 is 24.2 Å². The molecular weight excluding hydrogens is 543 g/mol. The maximum atomic E-state index is 13.5. The number of pyridine rings is 1. The number of methoxy groups -OCH3 is 2. The van der Waals surface area contributed by atoms with Gasteiger partial charge in [0.25, 0.3) is 11.7 Å². The Morgan fingerprint density at radius 3 is 2.38 bits per heavy atom. The third-order valence-electron chi connectivity index (χ3n) is 6.19. The number of aromatic nitrogens is 1. The molecule has 1 fully saturated rings. The SMILES string of the molecule is COc1c(Cl)cc(/C(O)=C2\C(=O)C(=O)N(Cc3ccncc3)C2c2cccc(OCC(C)C)c2)c(OC)c1Cl. The largest absolute Gasteiger partial charge is 0.507 e. The molecule has 1 N–H and O–H groups in total. The number of ether oxygens (including phenoxy) is 3. The lowest BCUT2D eigenvalue weighted by molar-refractivity contribution is -0.140. The van der Waals surface area contributed by atoms with Crippen LogP contribution in [0.15, 0.2) is 60.4 Å². The van der Waals surface area contributed by atoms with Crippen LogP contribution in [0.5, 0.6) is 17.2 Å². The Hall–Kier alpha value is -3.75. The molecule has 0 saturated carbocycles. The number of halogens is 2. The number of aliphatic hydroxyl groups excluding tert-OH is 1. The van der Waals surface area contributed by atoms with Crippen molar-refractivity contribution in [1.82, 2.24) is 9.88 Å². The summed E-state index contributed by atoms with van der Waals surface area (Å²) in [6.07, 6.45) is 3.21. The number of ketones is 1. The lowest BCUT2D eigenvalue weighted by Gasteiger charge is -2.26. The summed E-state index contributed by atoms with van der Waals surface area (Å²) in [5.74, 6) is -1.04. The molecule has 1 amide bonds. The number of hydrogen-bond donors (Lipinski definition) is 1. The predicted molar refractivity (Wildman–Crippen MR) is 148 cm³/mol. The number of likely N-dealkylation sites (tertiary alicyclic amines) is 1. The highest BCUT2D eigenvalue weighted by Gasteiger charge is 2.46. The van der Waals surface area contributed by atoms with Crippen molar-refractivity contribution in [2.24, 2.45) is 5.92 Å². The van der Waals surface area contributed by atoms with Crippen LogP contribution in [0.25, 0.3) is 5.76 Å². The molecule has 2 heterocycles. The third-order valence-corrected chi connectivity index (χ3v) is 6.82. The Balaban J connectivity index is 1.92. The van der Waals surface area contributed by atoms with Crippen molar-refractivity contribution >= 4 is 40.7 Å². The molecule has 1 aliphatic heterocycles. The van der Waals surface area contributed by atoms with E-state index in [1.54, 1.807) is 48.8 Å². The molecule has 39 heavy (non-hydrogen) atoms. The fraction of sp³-hybridized carbons (Fsp3) is 0.276. The van der Waals surface area contributed by atoms with Crippen LogP contribution in [-0.2, 0) is 16.1 Å². The highest BCUT2D eigenvalue weighted by Crippen LogP contribution is 2.47. The molecule has 1 saturated heterocycles. The van der Waals surface area contributed by atoms with Gasteiger partial charge in [-0.05, 0) is 47.4 Å². The monoisotopic (exact) mass is 570 g/mol. The first kappa shape index (κ1) is 28.3. The van der Waals surface area contributed by atoms with Crippen LogP contribution in [0.3, 0.4) is 0 Å². The highest BCUT2D eigenvalue weighted by atomic mass is 35.5. The van der Waals surface area contributed by atoms with Gasteiger partial charge >= 0.3 is 0 Å². The summed E-state index contributed by atoms with van der Waals surface area (Å²) in [7, 11) is 2.76. The number of aliphatic hydroxyl groups is 1. The Bertz CT molecular complexity index is 1420. The predicted octanol–water partition coefficient (Wildman–Crippen LogP) is 6.06. The molecule has 0 spiro atoms. The van der Waals surface area contributed by atoms with Gasteiger partial charge in [-0.3, -0.25) is 14.6 Å². The zero-order chi connectivity index (χ0) is 28.3. The van der Waals surface area contributed by atoms with E-state index in [4.69, 9.17) is 37.4 Å². The molecule has 1 aliphatic rings. The average Bonchev–Trinajstić information content (AvgIpc) is 3.17. The normalized spacial score (nSPS) is 16.6. The van der Waals surface area contributed by atoms with Gasteiger partial charge in [0.05, 0.1) is 43.0 Å². The van der Waals surface area contributed by atoms with E-state index in [1.165, 1.54) is 25.2 Å². The number of nitrogens with zero attached hydrogens (tertiary/aromatic N) is 2. The van der Waals surface area contributed by atoms with Gasteiger partial charge in [-0.2, -0.15) is 0 Å². The van der Waals surface area contributed by atoms with E-state index in [0.29, 0.717) is 23.8 Å². The van der Waals surface area contributed by atoms with Crippen LogP contribution in [0, 0.1) is 5.92 Å². The standard InChI is InChI=1S/C29H28Cl2N2O6/c1-16(2)15-39-19-7-5-6-18(12-19)24-22(26(35)29(36)33(24)14-17-8-10-32-11-9-17)25(34)20-13-21(30)28(38-4)23(31)27(20)37-3/h5-13,16,24,34H,14-15H2,1-4H3/b25-22+. The molecule has 1 aromatic heterocycles. The second kappa shape index (κ2) is 12.0. The van der Waals surface area contributed by atoms with E-state index in [9.17, 15) is 14.7 Å². The number of carbonyl (C=O) groups excluding carboxylic acids is 2. The van der Waals surface area contributed by atoms with Crippen molar-refractivity contribution < 1.29 is 28.9 Å². The zero-order valence-corrected chi connectivity index (χ0v) is 23.4. The Morgan fingerprint density at radius 2 is 1.74 bits per heavy atom. The van der Waals surface area contributed by atoms with Crippen LogP contribution in [0.2, 0.25) is 10.0 Å². The number of rotatable bonds is 9. The minimum atomic E-state index is -0.940. The molecule has 1 unspecified atom stereocenters. The van der Waals surface area contributed by atoms with Crippen LogP contribution in [0.1, 0.15) is 36.6 Å². The molecule has 0 bridgehead atoms. The first-order valence-corrected chi connectivity index (χ1v) is 12.9. The lowest BCUT2D eigenvalue weighted by atomic mass is 9.94. The molecular formula is C29H28Cl2N2O6. The lowest BCUT2D eigenvalue weighted by Crippen LogP contribution is -2.29. The minimum Gasteiger partial charge on any atom is -0.507 e. The van der Waals surface area contributed by atoms with Crippen LogP contribution >= 0.6 is 23.2 Å². The van der Waals surface area contributed by atoms with Crippen molar-refractivity contribution in [3.63, 3.8) is 0 Å². The molecule has 1 atom stereocenters. The fourth-order valence-electron chi connectivity index (χ4n) is 4.40. The number of Topliss-reactive ketones (excluding diaryl/α,β-unsaturated/α-hetero) is 1. The summed E-state index contributed by atoms with van der Waals surface area (Å²) in [5.41, 5.74) is 1.26. The summed E-state index contributed by atoms with van der Waals surface area (Å²) in [5, 5.41) is 11.7. The van der Waals surface area contributed by atoms with E-state index in [2.05, 4.69) is 4.98 Å². The van der Waals surface area contributed by atoms with Crippen molar-refractivity contribution in [1.29, 1.82) is 0 Å². The number of amides is 1. The number of hydrogen-bond acceptors (Lipinski definition) is 7. The number of benzene rings is 2. The molecule has 0 aliphatic carbocycles. The zero-order valence-electron chi connectivity index (χ0n) is 21.9. The Labute approximate surface area is 236 Å². The molecule has 2 aromatic carbocycles. The van der Waals surface area contributed by atoms with E-state index in [0.717, 1.165) is 5.56 Å². The third kappa shape index (κ3) is 5.67. The van der Waals surface area contributed by atoms with Crippen molar-refractivity contribution in [2.45, 2.75) is 26.4 Å². The molecule has 4 rings (SSSR count). The van der Waals surface area contributed by atoms with Crippen molar-refractivity contribution in [2.75, 3.05) is 20.8 Å². The molecule has 0 radical (unpaired) electrons. The Kier molecular flexibility index (Phi) is 8.67. The van der Waals surface area contributed by atoms with Crippen molar-refractivity contribution in [3.05, 3.63) is 87.2 Å². The van der Waals surface area contributed by atoms with Gasteiger partial charge in [-0.25, -0.2) is 0 Å². The van der Waals surface area contributed by atoms with Gasteiger partial charge in [0.2, 0.25) is 0 Å². The minimum absolute atomic E-state index is 0.0145. The smallest absolute Gasteiger partial charge is 0.295 e. The summed E-state index contributed by atoms with van der Waals surface area (Å²) in [4.78, 5) is 32.4. The van der Waals surface area contributed by atoms with Gasteiger partial charge in [0.1, 0.15) is 16.5 Å². The second-order valence-electron chi connectivity index (χ2n) is 9.35. The summed E-state index contributed by atoms with van der Waals surface area (Å²) in [6.45, 7) is 4.66. The molecule has 204 valence electrons. The van der Waals surface area contributed by atoms with Gasteiger partial charge in [0, 0.05) is 18.9 Å². The fourth-order valence-corrected chi connectivity index (χ4v) is 5.09. The molecule has 3 aromatic rings. The van der Waals surface area contributed by atoms with Crippen LogP contribution < -0.4 is 14.2 Å². The van der Waals surface area contributed by atoms with Crippen LogP contribution in [0.4, 0.5) is 0 Å². The van der Waals surface area contributed by atoms with Gasteiger partial charge in [-0.1, -0.05) is 49.2 Å². The van der Waals surface area contributed by atoms with Gasteiger partial charge in [0.15, 0.2) is 11.5 Å². The van der Waals surface area contributed by atoms with E-state index in [1.807, 2.05) is 13.8 Å². The first-order chi connectivity index (χ1) is 18.7. The number of carbonyl (C=O) groups is 2. The average molecular weight is 571 g/mol. The molecule has 10 heteroatoms. The maximum Gasteiger partial charge on any atom is 0.295 e. The highest BCUT2D eigenvalue weighted by molar-refractivity contribution is 6.47. The first-order valence-electron chi connectivity index (χ1n) is 12.2. The topological polar surface area (TPSA) is 98.2 Å². The van der Waals surface area contributed by atoms with Crippen molar-refractivity contribution in [3.8, 4) is 17.2 Å². The quantitative estimate of drug-likeness (QED) is 0.189. The van der Waals surface area contributed by atoms with E-state index >= 15 is 0 Å². The second-order valence-corrected chi connectivity index (χ2v) is 10.1. The van der Waals surface area contributed by atoms with E-state index in [-0.39, 0.29) is 39.2 Å². The summed E-state index contributed by atoms with van der Waals surface area (Å²) < 4.78 is 16.6. The summed E-state index contributed by atoms with van der Waals surface area (Å²) >= 11 is 12.8. The maximum absolute atomic E-state index is 13.5. The van der Waals surface area contributed by atoms with Crippen LogP contribution in [-0.4, -0.2) is 47.5 Å². The van der Waals surface area contributed by atoms with E-state index < -0.39 is 23.5 Å². The van der Waals surface area contributed by atoms with Gasteiger partial charge in [-0.15, -0.1) is 0 Å².